The number of carbonyl (C=O) groups excluding carboxylic acids is 1. The summed E-state index contributed by atoms with van der Waals surface area (Å²) in [5.74, 6) is 0.142. The maximum Gasteiger partial charge on any atom is 0.290 e. The van der Waals surface area contributed by atoms with Gasteiger partial charge in [0.15, 0.2) is 0 Å². The normalized spacial score (nSPS) is 14.8. The minimum Gasteiger partial charge on any atom is -0.483 e. The van der Waals surface area contributed by atoms with E-state index in [-0.39, 0.29) is 6.47 Å². The molecule has 1 aliphatic heterocycles. The molecule has 1 aliphatic rings. The van der Waals surface area contributed by atoms with E-state index >= 15 is 0 Å². The molecule has 2 heterocycles. The van der Waals surface area contributed by atoms with E-state index in [1.807, 2.05) is 7.05 Å². The summed E-state index contributed by atoms with van der Waals surface area (Å²) in [6.07, 6.45) is 5.11. The quantitative estimate of drug-likeness (QED) is 0.636. The second-order valence-electron chi connectivity index (χ2n) is 4.33. The molecule has 0 saturated carbocycles. The Morgan fingerprint density at radius 2 is 1.95 bits per heavy atom. The molecule has 2 rings (SSSR count). The number of hydrogen-bond acceptors (Lipinski definition) is 6. The van der Waals surface area contributed by atoms with Crippen molar-refractivity contribution >= 4 is 18.3 Å². The fourth-order valence-electron chi connectivity index (χ4n) is 1.99. The maximum atomic E-state index is 10.9. The van der Waals surface area contributed by atoms with E-state index in [1.54, 1.807) is 0 Å². The summed E-state index contributed by atoms with van der Waals surface area (Å²) in [6, 6.07) is 0.454. The van der Waals surface area contributed by atoms with Crippen LogP contribution in [0.3, 0.4) is 0 Å². The number of nitrogens with two attached hydrogens (primary N) is 1. The summed E-state index contributed by atoms with van der Waals surface area (Å²) in [5.41, 5.74) is 5.48. The predicted molar refractivity (Wildman–Crippen MR) is 73.5 cm³/mol. The van der Waals surface area contributed by atoms with Crippen LogP contribution in [0.25, 0.3) is 0 Å². The first kappa shape index (κ1) is 15.8. The van der Waals surface area contributed by atoms with Crippen LogP contribution in [0.5, 0.6) is 0 Å². The third kappa shape index (κ3) is 4.47. The Hall–Kier alpha value is -2.22. The molecule has 0 spiro atoms. The van der Waals surface area contributed by atoms with Crippen molar-refractivity contribution in [3.63, 3.8) is 0 Å². The van der Waals surface area contributed by atoms with E-state index < -0.39 is 5.91 Å². The lowest BCUT2D eigenvalue weighted by Gasteiger charge is -2.31. The molecule has 1 saturated heterocycles. The molecule has 8 heteroatoms. The standard InChI is InChI=1S/C11H17N5O.CH2O2/c1-16(9-2-4-13-5-3-9)11-14-6-8(7-15-11)10(12)17;2-1-3/h6-7,9,13H,2-5H2,1H3,(H2,12,17);1H,(H,2,3). The van der Waals surface area contributed by atoms with Gasteiger partial charge in [0.05, 0.1) is 5.56 Å². The first-order valence-electron chi connectivity index (χ1n) is 6.23. The highest BCUT2D eigenvalue weighted by Crippen LogP contribution is 2.15. The summed E-state index contributed by atoms with van der Waals surface area (Å²) < 4.78 is 0. The van der Waals surface area contributed by atoms with Crippen molar-refractivity contribution in [3.8, 4) is 0 Å². The first-order valence-corrected chi connectivity index (χ1v) is 6.23. The molecule has 8 nitrogen and oxygen atoms in total. The molecule has 0 bridgehead atoms. The molecule has 4 N–H and O–H groups in total. The van der Waals surface area contributed by atoms with Crippen LogP contribution in [0.15, 0.2) is 12.4 Å². The molecular weight excluding hydrogens is 262 g/mol. The number of carbonyl (C=O) groups is 2. The zero-order chi connectivity index (χ0) is 15.0. The molecule has 1 amide bonds. The van der Waals surface area contributed by atoms with Gasteiger partial charge in [-0.05, 0) is 25.9 Å². The summed E-state index contributed by atoms with van der Waals surface area (Å²) in [5, 5.41) is 10.2. The fraction of sp³-hybridized carbons (Fsp3) is 0.500. The monoisotopic (exact) mass is 281 g/mol. The topological polar surface area (TPSA) is 121 Å². The van der Waals surface area contributed by atoms with Crippen LogP contribution in [0.1, 0.15) is 23.2 Å². The van der Waals surface area contributed by atoms with Crippen molar-refractivity contribution in [1.29, 1.82) is 0 Å². The SMILES string of the molecule is CN(c1ncc(C(N)=O)cn1)C1CCNCC1.O=CO. The van der Waals surface area contributed by atoms with Gasteiger partial charge in [0, 0.05) is 25.5 Å². The predicted octanol–water partition coefficient (Wildman–Crippen LogP) is -0.535. The average Bonchev–Trinajstić information content (AvgIpc) is 2.48. The van der Waals surface area contributed by atoms with E-state index in [0.717, 1.165) is 25.9 Å². The second kappa shape index (κ2) is 8.05. The lowest BCUT2D eigenvalue weighted by Crippen LogP contribution is -2.41. The van der Waals surface area contributed by atoms with Crippen molar-refractivity contribution in [3.05, 3.63) is 18.0 Å². The molecule has 110 valence electrons. The van der Waals surface area contributed by atoms with Gasteiger partial charge in [-0.1, -0.05) is 0 Å². The zero-order valence-corrected chi connectivity index (χ0v) is 11.3. The van der Waals surface area contributed by atoms with Crippen molar-refractivity contribution < 1.29 is 14.7 Å². The van der Waals surface area contributed by atoms with E-state index in [0.29, 0.717) is 17.6 Å². The van der Waals surface area contributed by atoms with Crippen LogP contribution in [0, 0.1) is 0 Å². The van der Waals surface area contributed by atoms with Crippen LogP contribution < -0.4 is 16.0 Å². The number of aromatic nitrogens is 2. The zero-order valence-electron chi connectivity index (χ0n) is 11.3. The van der Waals surface area contributed by atoms with E-state index in [1.165, 1.54) is 12.4 Å². The number of rotatable bonds is 3. The summed E-state index contributed by atoms with van der Waals surface area (Å²) >= 11 is 0. The minimum atomic E-state index is -0.499. The van der Waals surface area contributed by atoms with Gasteiger partial charge in [-0.15, -0.1) is 0 Å². The van der Waals surface area contributed by atoms with Crippen molar-refractivity contribution in [2.45, 2.75) is 18.9 Å². The first-order chi connectivity index (χ1) is 9.60. The highest BCUT2D eigenvalue weighted by molar-refractivity contribution is 5.92. The summed E-state index contributed by atoms with van der Waals surface area (Å²) in [6.45, 7) is 1.79. The molecule has 0 unspecified atom stereocenters. The van der Waals surface area contributed by atoms with Crippen LogP contribution in [0.2, 0.25) is 0 Å². The number of hydrogen-bond donors (Lipinski definition) is 3. The van der Waals surface area contributed by atoms with Gasteiger partial charge >= 0.3 is 0 Å². The minimum absolute atomic E-state index is 0.250. The highest BCUT2D eigenvalue weighted by atomic mass is 16.3. The third-order valence-corrected chi connectivity index (χ3v) is 3.09. The number of anilines is 1. The Kier molecular flexibility index (Phi) is 6.38. The second-order valence-corrected chi connectivity index (χ2v) is 4.33. The van der Waals surface area contributed by atoms with Crippen LogP contribution in [-0.2, 0) is 4.79 Å². The molecule has 20 heavy (non-hydrogen) atoms. The number of piperidine rings is 1. The number of nitrogens with zero attached hydrogens (tertiary/aromatic N) is 3. The van der Waals surface area contributed by atoms with E-state index in [2.05, 4.69) is 20.2 Å². The van der Waals surface area contributed by atoms with Crippen LogP contribution in [0.4, 0.5) is 5.95 Å². The molecule has 1 aromatic rings. The fourth-order valence-corrected chi connectivity index (χ4v) is 1.99. The Morgan fingerprint density at radius 1 is 1.45 bits per heavy atom. The number of amides is 1. The van der Waals surface area contributed by atoms with Crippen molar-refractivity contribution in [1.82, 2.24) is 15.3 Å². The molecule has 1 aromatic heterocycles. The Balaban J connectivity index is 0.000000612. The molecule has 1 fully saturated rings. The third-order valence-electron chi connectivity index (χ3n) is 3.09. The van der Waals surface area contributed by atoms with E-state index in [9.17, 15) is 4.79 Å². The molecule has 0 radical (unpaired) electrons. The van der Waals surface area contributed by atoms with Crippen LogP contribution in [-0.4, -0.2) is 53.6 Å². The van der Waals surface area contributed by atoms with Gasteiger partial charge in [0.2, 0.25) is 5.95 Å². The van der Waals surface area contributed by atoms with Gasteiger partial charge < -0.3 is 21.1 Å². The molecular formula is C12H19N5O3. The number of nitrogens with one attached hydrogen (secondary N) is 1. The molecule has 0 aliphatic carbocycles. The lowest BCUT2D eigenvalue weighted by molar-refractivity contribution is -0.122. The lowest BCUT2D eigenvalue weighted by atomic mass is 10.1. The number of carboxylic acid groups (broad SMARTS) is 1. The summed E-state index contributed by atoms with van der Waals surface area (Å²) in [4.78, 5) is 29.7. The smallest absolute Gasteiger partial charge is 0.290 e. The van der Waals surface area contributed by atoms with Gasteiger partial charge in [0.1, 0.15) is 0 Å². The van der Waals surface area contributed by atoms with Gasteiger partial charge in [-0.2, -0.15) is 0 Å². The Morgan fingerprint density at radius 3 is 2.40 bits per heavy atom. The summed E-state index contributed by atoms with van der Waals surface area (Å²) in [7, 11) is 1.98. The van der Waals surface area contributed by atoms with Crippen LogP contribution >= 0.6 is 0 Å². The largest absolute Gasteiger partial charge is 0.483 e. The molecule has 0 aromatic carbocycles. The number of primary amides is 1. The van der Waals surface area contributed by atoms with Gasteiger partial charge in [-0.25, -0.2) is 9.97 Å². The van der Waals surface area contributed by atoms with Crippen molar-refractivity contribution in [2.75, 3.05) is 25.0 Å². The Bertz CT molecular complexity index is 431. The van der Waals surface area contributed by atoms with Gasteiger partial charge in [-0.3, -0.25) is 9.59 Å². The average molecular weight is 281 g/mol. The molecule has 0 atom stereocenters. The van der Waals surface area contributed by atoms with E-state index in [4.69, 9.17) is 15.6 Å². The van der Waals surface area contributed by atoms with Gasteiger partial charge in [0.25, 0.3) is 12.4 Å². The van der Waals surface area contributed by atoms with Crippen molar-refractivity contribution in [2.24, 2.45) is 5.73 Å². The Labute approximate surface area is 117 Å². The highest BCUT2D eigenvalue weighted by Gasteiger charge is 2.19. The maximum absolute atomic E-state index is 10.9.